The Balaban J connectivity index is 3.66. The zero-order chi connectivity index (χ0) is 9.02. The van der Waals surface area contributed by atoms with Crippen molar-refractivity contribution in [3.63, 3.8) is 0 Å². The molecule has 0 aromatic heterocycles. The molecule has 0 radical (unpaired) electrons. The molecule has 0 fully saturated rings. The molecular weight excluding hydrogens is 170 g/mol. The van der Waals surface area contributed by atoms with Gasteiger partial charge in [0, 0.05) is 0 Å². The molecule has 0 aliphatic rings. The first-order valence-corrected chi connectivity index (χ1v) is 8.89. The van der Waals surface area contributed by atoms with E-state index in [0.29, 0.717) is 15.8 Å². The average molecular weight is 192 g/mol. The van der Waals surface area contributed by atoms with Crippen molar-refractivity contribution in [1.82, 2.24) is 0 Å². The van der Waals surface area contributed by atoms with Crippen molar-refractivity contribution in [1.29, 1.82) is 0 Å². The second-order valence-electron chi connectivity index (χ2n) is 3.86. The van der Waals surface area contributed by atoms with Crippen LogP contribution in [0.15, 0.2) is 0 Å². The topological polar surface area (TPSA) is 0 Å². The number of rotatable bonds is 4. The highest BCUT2D eigenvalue weighted by atomic mass is 31.1. The van der Waals surface area contributed by atoms with Crippen LogP contribution in [0.1, 0.15) is 20.3 Å². The van der Waals surface area contributed by atoms with Crippen LogP contribution in [0.25, 0.3) is 0 Å². The average Bonchev–Trinajstić information content (AvgIpc) is 1.87. The fourth-order valence-corrected chi connectivity index (χ4v) is 2.56. The fraction of sp³-hybridized carbons (Fsp3) is 1.00. The molecule has 0 N–H and O–H groups in total. The first kappa shape index (κ1) is 11.9. The summed E-state index contributed by atoms with van der Waals surface area (Å²) >= 11 is 0. The van der Waals surface area contributed by atoms with Gasteiger partial charge in [-0.25, -0.2) is 0 Å². The summed E-state index contributed by atoms with van der Waals surface area (Å²) < 4.78 is 0. The van der Waals surface area contributed by atoms with E-state index in [2.05, 4.69) is 40.5 Å². The summed E-state index contributed by atoms with van der Waals surface area (Å²) in [7, 11) is 0.583. The van der Waals surface area contributed by atoms with E-state index in [1.165, 1.54) is 6.42 Å². The Morgan fingerprint density at radius 3 is 1.27 bits per heavy atom. The molecule has 68 valence electrons. The molecule has 0 amide bonds. The normalized spacial score (nSPS) is 17.5. The minimum atomic E-state index is 0.291. The molecule has 0 aliphatic heterocycles. The molecule has 11 heavy (non-hydrogen) atoms. The number of hydrogen-bond donors (Lipinski definition) is 0. The second-order valence-corrected chi connectivity index (χ2v) is 9.48. The Morgan fingerprint density at radius 2 is 1.09 bits per heavy atom. The van der Waals surface area contributed by atoms with Gasteiger partial charge in [0.1, 0.15) is 0 Å². The maximum atomic E-state index is 2.40. The molecular formula is C9H22P2. The van der Waals surface area contributed by atoms with Crippen molar-refractivity contribution in [2.75, 3.05) is 26.7 Å². The van der Waals surface area contributed by atoms with Gasteiger partial charge in [-0.2, -0.15) is 0 Å². The first-order valence-electron chi connectivity index (χ1n) is 4.28. The summed E-state index contributed by atoms with van der Waals surface area (Å²) in [5.41, 5.74) is 1.93. The van der Waals surface area contributed by atoms with Crippen molar-refractivity contribution in [2.24, 2.45) is 0 Å². The molecule has 0 spiro atoms. The van der Waals surface area contributed by atoms with E-state index in [9.17, 15) is 0 Å². The van der Waals surface area contributed by atoms with Gasteiger partial charge in [0.15, 0.2) is 0 Å². The summed E-state index contributed by atoms with van der Waals surface area (Å²) in [6, 6.07) is 0. The lowest BCUT2D eigenvalue weighted by Crippen LogP contribution is -2.08. The van der Waals surface area contributed by atoms with Crippen molar-refractivity contribution in [3.05, 3.63) is 0 Å². The van der Waals surface area contributed by atoms with Crippen LogP contribution in [0, 0.1) is 0 Å². The maximum Gasteiger partial charge on any atom is -0.0237 e. The van der Waals surface area contributed by atoms with Crippen molar-refractivity contribution >= 4 is 15.8 Å². The molecule has 0 saturated carbocycles. The lowest BCUT2D eigenvalue weighted by molar-refractivity contribution is 0.788. The lowest BCUT2D eigenvalue weighted by Gasteiger charge is -2.23. The predicted octanol–water partition coefficient (Wildman–Crippen LogP) is 3.64. The van der Waals surface area contributed by atoms with Crippen LogP contribution in [0.5, 0.6) is 0 Å². The van der Waals surface area contributed by atoms with Gasteiger partial charge in [-0.05, 0) is 44.4 Å². The number of hydrogen-bond acceptors (Lipinski definition) is 0. The van der Waals surface area contributed by atoms with Gasteiger partial charge >= 0.3 is 0 Å². The summed E-state index contributed by atoms with van der Waals surface area (Å²) in [5, 5.41) is 0. The minimum absolute atomic E-state index is 0.291. The molecule has 2 unspecified atom stereocenters. The van der Waals surface area contributed by atoms with Crippen LogP contribution in [0.4, 0.5) is 0 Å². The molecule has 0 bridgehead atoms. The molecule has 0 heterocycles. The van der Waals surface area contributed by atoms with Crippen LogP contribution in [0.2, 0.25) is 0 Å². The molecule has 0 nitrogen and oxygen atoms in total. The third-order valence-corrected chi connectivity index (χ3v) is 6.39. The van der Waals surface area contributed by atoms with Gasteiger partial charge in [0.25, 0.3) is 0 Å². The summed E-state index contributed by atoms with van der Waals surface area (Å²) in [6.07, 6.45) is 1.44. The van der Waals surface area contributed by atoms with E-state index in [4.69, 9.17) is 0 Å². The standard InChI is InChI=1S/C9H22P2/c1-8(10(3)4)7-9(2)11(5)6/h8-9H,7H2,1-6H3. The van der Waals surface area contributed by atoms with E-state index < -0.39 is 0 Å². The molecule has 0 aromatic rings. The second kappa shape index (κ2) is 5.50. The van der Waals surface area contributed by atoms with Crippen molar-refractivity contribution in [2.45, 2.75) is 31.6 Å². The molecule has 0 aliphatic carbocycles. The van der Waals surface area contributed by atoms with Gasteiger partial charge in [0.2, 0.25) is 0 Å². The summed E-state index contributed by atoms with van der Waals surface area (Å²) in [4.78, 5) is 0. The highest BCUT2D eigenvalue weighted by molar-refractivity contribution is 7.57. The first-order chi connectivity index (χ1) is 4.95. The molecule has 2 heteroatoms. The lowest BCUT2D eigenvalue weighted by atomic mass is 10.3. The SMILES string of the molecule is CC(CC(C)P(C)C)P(C)C. The molecule has 0 saturated heterocycles. The van der Waals surface area contributed by atoms with E-state index in [1.54, 1.807) is 0 Å². The Morgan fingerprint density at radius 1 is 0.818 bits per heavy atom. The van der Waals surface area contributed by atoms with E-state index in [1.807, 2.05) is 0 Å². The fourth-order valence-electron chi connectivity index (χ4n) is 0.915. The monoisotopic (exact) mass is 192 g/mol. The van der Waals surface area contributed by atoms with Crippen LogP contribution >= 0.6 is 15.8 Å². The van der Waals surface area contributed by atoms with Crippen LogP contribution in [-0.2, 0) is 0 Å². The van der Waals surface area contributed by atoms with E-state index in [0.717, 1.165) is 11.3 Å². The molecule has 0 rings (SSSR count). The zero-order valence-corrected chi connectivity index (χ0v) is 10.5. The van der Waals surface area contributed by atoms with Crippen LogP contribution in [-0.4, -0.2) is 38.0 Å². The van der Waals surface area contributed by atoms with E-state index >= 15 is 0 Å². The Kier molecular flexibility index (Phi) is 5.93. The van der Waals surface area contributed by atoms with Gasteiger partial charge in [-0.3, -0.25) is 0 Å². The minimum Gasteiger partial charge on any atom is -0.110 e. The zero-order valence-electron chi connectivity index (χ0n) is 8.76. The largest absolute Gasteiger partial charge is 0.110 e. The summed E-state index contributed by atoms with van der Waals surface area (Å²) in [5.74, 6) is 0. The van der Waals surface area contributed by atoms with Crippen LogP contribution in [0.3, 0.4) is 0 Å². The highest BCUT2D eigenvalue weighted by Crippen LogP contribution is 2.41. The maximum absolute atomic E-state index is 2.40. The Hall–Kier alpha value is 0.860. The van der Waals surface area contributed by atoms with Crippen molar-refractivity contribution < 1.29 is 0 Å². The summed E-state index contributed by atoms with van der Waals surface area (Å²) in [6.45, 7) is 14.4. The molecule has 0 aromatic carbocycles. The Labute approximate surface area is 74.7 Å². The van der Waals surface area contributed by atoms with Crippen molar-refractivity contribution in [3.8, 4) is 0 Å². The third kappa shape index (κ3) is 5.15. The van der Waals surface area contributed by atoms with Gasteiger partial charge < -0.3 is 0 Å². The molecule has 2 atom stereocenters. The van der Waals surface area contributed by atoms with Gasteiger partial charge in [-0.15, -0.1) is 15.8 Å². The van der Waals surface area contributed by atoms with Gasteiger partial charge in [-0.1, -0.05) is 13.8 Å². The predicted molar refractivity (Wildman–Crippen MR) is 61.1 cm³/mol. The smallest absolute Gasteiger partial charge is 0.0237 e. The third-order valence-electron chi connectivity index (χ3n) is 2.45. The quantitative estimate of drug-likeness (QED) is 0.596. The van der Waals surface area contributed by atoms with E-state index in [-0.39, 0.29) is 0 Å². The Bertz CT molecular complexity index is 87.7. The van der Waals surface area contributed by atoms with Crippen LogP contribution < -0.4 is 0 Å². The van der Waals surface area contributed by atoms with Gasteiger partial charge in [0.05, 0.1) is 0 Å². The highest BCUT2D eigenvalue weighted by Gasteiger charge is 2.13.